The first kappa shape index (κ1) is 17.0. The van der Waals surface area contributed by atoms with Crippen molar-refractivity contribution in [3.63, 3.8) is 0 Å². The van der Waals surface area contributed by atoms with Crippen LogP contribution in [0.5, 0.6) is 0 Å². The third-order valence-electron chi connectivity index (χ3n) is 3.39. The molecular weight excluding hydrogens is 268 g/mol. The van der Waals surface area contributed by atoms with E-state index in [0.717, 1.165) is 5.56 Å². The second-order valence-electron chi connectivity index (χ2n) is 5.24. The summed E-state index contributed by atoms with van der Waals surface area (Å²) in [4.78, 5) is 25.0. The van der Waals surface area contributed by atoms with Gasteiger partial charge in [0.2, 0.25) is 0 Å². The molecule has 0 spiro atoms. The van der Waals surface area contributed by atoms with E-state index in [1.165, 1.54) is 0 Å². The zero-order valence-corrected chi connectivity index (χ0v) is 12.9. The molecule has 116 valence electrons. The zero-order valence-electron chi connectivity index (χ0n) is 12.9. The van der Waals surface area contributed by atoms with E-state index in [4.69, 9.17) is 0 Å². The van der Waals surface area contributed by atoms with E-state index < -0.39 is 12.0 Å². The Bertz CT molecular complexity index is 460. The lowest BCUT2D eigenvalue weighted by atomic mass is 10.1. The Morgan fingerprint density at radius 3 is 2.33 bits per heavy atom. The van der Waals surface area contributed by atoms with Crippen molar-refractivity contribution in [1.29, 1.82) is 0 Å². The number of hydrogen-bond acceptors (Lipinski definition) is 2. The summed E-state index contributed by atoms with van der Waals surface area (Å²) in [6.07, 6.45) is 0.993. The van der Waals surface area contributed by atoms with Gasteiger partial charge < -0.3 is 15.3 Å². The number of rotatable bonds is 7. The van der Waals surface area contributed by atoms with Crippen LogP contribution in [0.4, 0.5) is 4.79 Å². The summed E-state index contributed by atoms with van der Waals surface area (Å²) in [5.74, 6) is -1.00. The van der Waals surface area contributed by atoms with Crippen molar-refractivity contribution in [1.82, 2.24) is 10.2 Å². The summed E-state index contributed by atoms with van der Waals surface area (Å²) in [6.45, 7) is 6.24. The van der Waals surface area contributed by atoms with E-state index in [1.807, 2.05) is 51.1 Å². The Labute approximate surface area is 126 Å². The SMILES string of the molecule is CCN(C(=O)N[C@@H](CCc1ccccc1)C(=O)O)C(C)C. The molecule has 2 N–H and O–H groups in total. The highest BCUT2D eigenvalue weighted by Crippen LogP contribution is 2.07. The molecule has 0 saturated carbocycles. The van der Waals surface area contributed by atoms with Crippen LogP contribution in [-0.2, 0) is 11.2 Å². The van der Waals surface area contributed by atoms with Gasteiger partial charge in [0.15, 0.2) is 0 Å². The first-order chi connectivity index (χ1) is 9.95. The van der Waals surface area contributed by atoms with Crippen LogP contribution in [0.25, 0.3) is 0 Å². The topological polar surface area (TPSA) is 69.6 Å². The first-order valence-electron chi connectivity index (χ1n) is 7.29. The third kappa shape index (κ3) is 5.45. The minimum atomic E-state index is -1.00. The number of nitrogens with zero attached hydrogens (tertiary/aromatic N) is 1. The zero-order chi connectivity index (χ0) is 15.8. The molecule has 0 heterocycles. The van der Waals surface area contributed by atoms with Crippen LogP contribution in [0.2, 0.25) is 0 Å². The van der Waals surface area contributed by atoms with Crippen molar-refractivity contribution in [3.05, 3.63) is 35.9 Å². The molecule has 0 aromatic heterocycles. The molecule has 0 aliphatic rings. The average molecular weight is 292 g/mol. The summed E-state index contributed by atoms with van der Waals surface area (Å²) in [5.41, 5.74) is 1.06. The minimum absolute atomic E-state index is 0.0403. The standard InChI is InChI=1S/C16H24N2O3/c1-4-18(12(2)3)16(21)17-14(15(19)20)11-10-13-8-6-5-7-9-13/h5-9,12,14H,4,10-11H2,1-3H3,(H,17,21)(H,19,20)/t14-/m0/s1. The number of carbonyl (C=O) groups is 2. The molecule has 0 aliphatic heterocycles. The van der Waals surface area contributed by atoms with Gasteiger partial charge in [-0.15, -0.1) is 0 Å². The number of aliphatic carboxylic acids is 1. The van der Waals surface area contributed by atoms with Crippen molar-refractivity contribution in [2.75, 3.05) is 6.54 Å². The van der Waals surface area contributed by atoms with Crippen LogP contribution in [-0.4, -0.2) is 40.6 Å². The lowest BCUT2D eigenvalue weighted by Crippen LogP contribution is -2.50. The molecule has 5 heteroatoms. The Balaban J connectivity index is 2.61. The molecule has 1 aromatic carbocycles. The fourth-order valence-electron chi connectivity index (χ4n) is 2.19. The van der Waals surface area contributed by atoms with E-state index in [2.05, 4.69) is 5.32 Å². The molecule has 5 nitrogen and oxygen atoms in total. The van der Waals surface area contributed by atoms with E-state index in [1.54, 1.807) is 4.90 Å². The smallest absolute Gasteiger partial charge is 0.326 e. The lowest BCUT2D eigenvalue weighted by Gasteiger charge is -2.27. The number of hydrogen-bond donors (Lipinski definition) is 2. The van der Waals surface area contributed by atoms with Gasteiger partial charge in [-0.25, -0.2) is 9.59 Å². The van der Waals surface area contributed by atoms with E-state index >= 15 is 0 Å². The molecule has 0 radical (unpaired) electrons. The van der Waals surface area contributed by atoms with Crippen LogP contribution >= 0.6 is 0 Å². The number of nitrogens with one attached hydrogen (secondary N) is 1. The minimum Gasteiger partial charge on any atom is -0.480 e. The summed E-state index contributed by atoms with van der Waals surface area (Å²) in [5, 5.41) is 11.9. The van der Waals surface area contributed by atoms with Crippen LogP contribution in [0.1, 0.15) is 32.8 Å². The van der Waals surface area contributed by atoms with Gasteiger partial charge in [0.25, 0.3) is 0 Å². The van der Waals surface area contributed by atoms with Crippen molar-refractivity contribution in [2.45, 2.75) is 45.7 Å². The molecule has 0 bridgehead atoms. The average Bonchev–Trinajstić information content (AvgIpc) is 2.44. The van der Waals surface area contributed by atoms with Gasteiger partial charge >= 0.3 is 12.0 Å². The third-order valence-corrected chi connectivity index (χ3v) is 3.39. The molecule has 0 aliphatic carbocycles. The summed E-state index contributed by atoms with van der Waals surface area (Å²) < 4.78 is 0. The second-order valence-corrected chi connectivity index (χ2v) is 5.24. The predicted octanol–water partition coefficient (Wildman–Crippen LogP) is 2.51. The first-order valence-corrected chi connectivity index (χ1v) is 7.29. The Morgan fingerprint density at radius 2 is 1.86 bits per heavy atom. The maximum Gasteiger partial charge on any atom is 0.326 e. The highest BCUT2D eigenvalue weighted by Gasteiger charge is 2.23. The van der Waals surface area contributed by atoms with Gasteiger partial charge in [-0.2, -0.15) is 0 Å². The summed E-state index contributed by atoms with van der Waals surface area (Å²) >= 11 is 0. The monoisotopic (exact) mass is 292 g/mol. The van der Waals surface area contributed by atoms with Crippen LogP contribution in [0.15, 0.2) is 30.3 Å². The van der Waals surface area contributed by atoms with Gasteiger partial charge in [0.1, 0.15) is 6.04 Å². The maximum atomic E-state index is 12.1. The van der Waals surface area contributed by atoms with Gasteiger partial charge in [-0.05, 0) is 39.2 Å². The molecule has 0 fully saturated rings. The highest BCUT2D eigenvalue weighted by molar-refractivity contribution is 5.82. The molecule has 2 amide bonds. The van der Waals surface area contributed by atoms with Gasteiger partial charge in [0.05, 0.1) is 0 Å². The van der Waals surface area contributed by atoms with E-state index in [0.29, 0.717) is 19.4 Å². The van der Waals surface area contributed by atoms with Gasteiger partial charge in [-0.3, -0.25) is 0 Å². The van der Waals surface area contributed by atoms with Crippen LogP contribution in [0, 0.1) is 0 Å². The summed E-state index contributed by atoms with van der Waals surface area (Å²) in [6, 6.07) is 8.50. The number of urea groups is 1. The van der Waals surface area contributed by atoms with E-state index in [9.17, 15) is 14.7 Å². The van der Waals surface area contributed by atoms with Crippen molar-refractivity contribution < 1.29 is 14.7 Å². The fraction of sp³-hybridized carbons (Fsp3) is 0.500. The largest absolute Gasteiger partial charge is 0.480 e. The van der Waals surface area contributed by atoms with Gasteiger partial charge in [0, 0.05) is 12.6 Å². The molecule has 21 heavy (non-hydrogen) atoms. The molecule has 1 atom stereocenters. The number of carbonyl (C=O) groups excluding carboxylic acids is 1. The molecule has 0 unspecified atom stereocenters. The maximum absolute atomic E-state index is 12.1. The number of carboxylic acids is 1. The number of aryl methyl sites for hydroxylation is 1. The van der Waals surface area contributed by atoms with Gasteiger partial charge in [-0.1, -0.05) is 30.3 Å². The van der Waals surface area contributed by atoms with Crippen molar-refractivity contribution in [3.8, 4) is 0 Å². The molecule has 1 aromatic rings. The van der Waals surface area contributed by atoms with Crippen LogP contribution < -0.4 is 5.32 Å². The van der Waals surface area contributed by atoms with Crippen molar-refractivity contribution in [2.24, 2.45) is 0 Å². The van der Waals surface area contributed by atoms with Crippen molar-refractivity contribution >= 4 is 12.0 Å². The normalized spacial score (nSPS) is 12.0. The second kappa shape index (κ2) is 8.29. The predicted molar refractivity (Wildman–Crippen MR) is 82.2 cm³/mol. The number of amides is 2. The van der Waals surface area contributed by atoms with Crippen LogP contribution in [0.3, 0.4) is 0 Å². The van der Waals surface area contributed by atoms with E-state index in [-0.39, 0.29) is 12.1 Å². The molecule has 1 rings (SSSR count). The Morgan fingerprint density at radius 1 is 1.24 bits per heavy atom. The Kier molecular flexibility index (Phi) is 6.72. The highest BCUT2D eigenvalue weighted by atomic mass is 16.4. The molecular formula is C16H24N2O3. The number of carboxylic acid groups (broad SMARTS) is 1. The summed E-state index contributed by atoms with van der Waals surface area (Å²) in [7, 11) is 0. The molecule has 0 saturated heterocycles. The number of benzene rings is 1. The fourth-order valence-corrected chi connectivity index (χ4v) is 2.19. The Hall–Kier alpha value is -2.04. The lowest BCUT2D eigenvalue weighted by molar-refractivity contribution is -0.139. The quantitative estimate of drug-likeness (QED) is 0.811.